The third kappa shape index (κ3) is 79.9. The van der Waals surface area contributed by atoms with Crippen molar-refractivity contribution < 1.29 is 80.2 Å². The van der Waals surface area contributed by atoms with E-state index in [0.717, 1.165) is 108 Å². The van der Waals surface area contributed by atoms with Gasteiger partial charge in [-0.25, -0.2) is 9.13 Å². The van der Waals surface area contributed by atoms with E-state index in [-0.39, 0.29) is 25.7 Å². The summed E-state index contributed by atoms with van der Waals surface area (Å²) in [5.41, 5.74) is 0. The lowest BCUT2D eigenvalue weighted by molar-refractivity contribution is -0.161. The Morgan fingerprint density at radius 2 is 0.438 bits per heavy atom. The van der Waals surface area contributed by atoms with Gasteiger partial charge in [0.15, 0.2) is 12.2 Å². The zero-order valence-electron chi connectivity index (χ0n) is 69.2. The summed E-state index contributed by atoms with van der Waals surface area (Å²) in [7, 11) is -9.93. The van der Waals surface area contributed by atoms with Crippen LogP contribution in [0, 0.1) is 17.8 Å². The second kappa shape index (κ2) is 76.1. The van der Waals surface area contributed by atoms with Crippen LogP contribution in [0.3, 0.4) is 0 Å². The molecule has 0 saturated heterocycles. The fourth-order valence-corrected chi connectivity index (χ4v) is 14.9. The van der Waals surface area contributed by atoms with Gasteiger partial charge in [0.1, 0.15) is 19.3 Å². The van der Waals surface area contributed by atoms with Crippen LogP contribution in [0.25, 0.3) is 0 Å². The second-order valence-corrected chi connectivity index (χ2v) is 35.3. The average Bonchev–Trinajstić information content (AvgIpc) is 0.912. The van der Waals surface area contributed by atoms with E-state index in [4.69, 9.17) is 37.0 Å². The molecule has 0 amide bonds. The Morgan fingerprint density at radius 3 is 0.648 bits per heavy atom. The summed E-state index contributed by atoms with van der Waals surface area (Å²) < 4.78 is 68.9. The first kappa shape index (κ1) is 103. The third-order valence-corrected chi connectivity index (χ3v) is 22.0. The number of carbonyl (C=O) groups is 4. The Kier molecular flexibility index (Phi) is 74.7. The number of aliphatic hydroxyl groups excluding tert-OH is 1. The normalized spacial score (nSPS) is 13.9. The van der Waals surface area contributed by atoms with Crippen LogP contribution in [0.5, 0.6) is 0 Å². The molecule has 0 aliphatic rings. The fraction of sp³-hybridized carbons (Fsp3) is 0.953. The van der Waals surface area contributed by atoms with Gasteiger partial charge in [0.2, 0.25) is 0 Å². The SMILES string of the molecule is CCCCCCCCCCCCCCCCCCCCCCC(=O)OC[C@H](COP(=O)(O)OC[C@@H](O)COP(=O)(O)OC[C@@H](COC(=O)CCCCCCCCCC(C)C)OC(=O)CCCCCCCCCCCCCC(C)C)OC(=O)CCCCCCCCCCCCCCCCCCCCC(C)C. The maximum absolute atomic E-state index is 13.1. The van der Waals surface area contributed by atoms with Crippen molar-refractivity contribution in [1.29, 1.82) is 0 Å². The molecule has 624 valence electrons. The predicted octanol–water partition coefficient (Wildman–Crippen LogP) is 26.1. The lowest BCUT2D eigenvalue weighted by Gasteiger charge is -2.21. The molecule has 105 heavy (non-hydrogen) atoms. The molecule has 0 aliphatic carbocycles. The first-order valence-electron chi connectivity index (χ1n) is 44.3. The van der Waals surface area contributed by atoms with Gasteiger partial charge in [-0.15, -0.1) is 0 Å². The standard InChI is InChI=1S/C86H168O17P2/c1-8-9-10-11-12-13-14-15-16-17-18-19-23-26-29-34-39-46-53-60-67-83(88)96-73-81(102-85(90)69-62-55-47-40-35-30-27-24-21-20-22-25-28-32-37-43-50-57-64-77(2)3)75-100-104(92,93)98-71-80(87)72-99-105(94,95)101-76-82(74-97-84(89)68-61-54-49-42-45-52-59-66-79(6)7)103-86(91)70-63-56-48-41-36-31-33-38-44-51-58-65-78(4)5/h77-82,87H,8-76H2,1-7H3,(H,92,93)(H,94,95)/t80-,81-,82-/m1/s1. The van der Waals surface area contributed by atoms with Gasteiger partial charge in [0, 0.05) is 25.7 Å². The number of phosphoric ester groups is 2. The fourth-order valence-electron chi connectivity index (χ4n) is 13.4. The quantitative estimate of drug-likeness (QED) is 0.0222. The van der Waals surface area contributed by atoms with Crippen LogP contribution in [0.4, 0.5) is 0 Å². The molecule has 0 aromatic carbocycles. The summed E-state index contributed by atoms with van der Waals surface area (Å²) in [6, 6.07) is 0. The minimum absolute atomic E-state index is 0.106. The number of carbonyl (C=O) groups excluding carboxylic acids is 4. The van der Waals surface area contributed by atoms with E-state index in [1.54, 1.807) is 0 Å². The van der Waals surface area contributed by atoms with E-state index in [1.165, 1.54) is 257 Å². The van der Waals surface area contributed by atoms with Crippen molar-refractivity contribution in [2.24, 2.45) is 17.8 Å². The van der Waals surface area contributed by atoms with Crippen LogP contribution in [0.15, 0.2) is 0 Å². The summed E-state index contributed by atoms with van der Waals surface area (Å²) in [6.45, 7) is 11.9. The minimum atomic E-state index is -4.97. The topological polar surface area (TPSA) is 237 Å². The molecule has 0 spiro atoms. The van der Waals surface area contributed by atoms with Gasteiger partial charge in [-0.3, -0.25) is 37.3 Å². The molecular formula is C86H168O17P2. The highest BCUT2D eigenvalue weighted by Crippen LogP contribution is 2.45. The zero-order chi connectivity index (χ0) is 77.2. The van der Waals surface area contributed by atoms with Crippen LogP contribution in [0.2, 0.25) is 0 Å². The van der Waals surface area contributed by atoms with Crippen molar-refractivity contribution in [3.05, 3.63) is 0 Å². The van der Waals surface area contributed by atoms with Crippen LogP contribution in [-0.2, 0) is 65.4 Å². The summed E-state index contributed by atoms with van der Waals surface area (Å²) in [5.74, 6) is 0.184. The number of hydrogen-bond acceptors (Lipinski definition) is 15. The van der Waals surface area contributed by atoms with Gasteiger partial charge in [-0.2, -0.15) is 0 Å². The number of unbranched alkanes of at least 4 members (excludes halogenated alkanes) is 52. The number of ether oxygens (including phenoxy) is 4. The first-order valence-corrected chi connectivity index (χ1v) is 47.3. The molecule has 19 heteroatoms. The molecule has 17 nitrogen and oxygen atoms in total. The van der Waals surface area contributed by atoms with Gasteiger partial charge < -0.3 is 33.8 Å². The van der Waals surface area contributed by atoms with E-state index in [9.17, 15) is 43.2 Å². The monoisotopic (exact) mass is 1540 g/mol. The van der Waals surface area contributed by atoms with Crippen molar-refractivity contribution in [3.63, 3.8) is 0 Å². The van der Waals surface area contributed by atoms with Crippen LogP contribution >= 0.6 is 15.6 Å². The van der Waals surface area contributed by atoms with Gasteiger partial charge in [-0.05, 0) is 43.4 Å². The summed E-state index contributed by atoms with van der Waals surface area (Å²) in [5, 5.41) is 10.7. The number of rotatable bonds is 84. The smallest absolute Gasteiger partial charge is 0.462 e. The molecule has 2 unspecified atom stereocenters. The van der Waals surface area contributed by atoms with Crippen molar-refractivity contribution >= 4 is 39.5 Å². The Hall–Kier alpha value is -1.94. The molecule has 0 rings (SSSR count). The number of aliphatic hydroxyl groups is 1. The summed E-state index contributed by atoms with van der Waals surface area (Å²) in [4.78, 5) is 73.2. The largest absolute Gasteiger partial charge is 0.472 e. The molecular weight excluding hydrogens is 1370 g/mol. The molecule has 3 N–H and O–H groups in total. The lowest BCUT2D eigenvalue weighted by Crippen LogP contribution is -2.30. The molecule has 0 radical (unpaired) electrons. The maximum Gasteiger partial charge on any atom is 0.472 e. The highest BCUT2D eigenvalue weighted by molar-refractivity contribution is 7.47. The highest BCUT2D eigenvalue weighted by atomic mass is 31.2. The van der Waals surface area contributed by atoms with Crippen molar-refractivity contribution in [1.82, 2.24) is 0 Å². The van der Waals surface area contributed by atoms with Crippen molar-refractivity contribution in [2.75, 3.05) is 39.6 Å². The maximum atomic E-state index is 13.1. The summed E-state index contributed by atoms with van der Waals surface area (Å²) in [6.07, 6.45) is 66.9. The molecule has 0 fully saturated rings. The molecule has 5 atom stereocenters. The van der Waals surface area contributed by atoms with Crippen LogP contribution in [0.1, 0.15) is 453 Å². The molecule has 0 heterocycles. The van der Waals surface area contributed by atoms with E-state index in [2.05, 4.69) is 48.5 Å². The van der Waals surface area contributed by atoms with E-state index in [1.807, 2.05) is 0 Å². The molecule has 0 aromatic heterocycles. The zero-order valence-corrected chi connectivity index (χ0v) is 71.0. The number of phosphoric acid groups is 2. The second-order valence-electron chi connectivity index (χ2n) is 32.4. The lowest BCUT2D eigenvalue weighted by atomic mass is 10.0. The van der Waals surface area contributed by atoms with E-state index < -0.39 is 97.5 Å². The first-order chi connectivity index (χ1) is 50.7. The molecule has 0 aliphatic heterocycles. The number of esters is 4. The van der Waals surface area contributed by atoms with Gasteiger partial charge in [0.25, 0.3) is 0 Å². The van der Waals surface area contributed by atoms with Gasteiger partial charge in [-0.1, -0.05) is 402 Å². The average molecular weight is 1540 g/mol. The Bertz CT molecular complexity index is 2030. The molecule has 0 bridgehead atoms. The minimum Gasteiger partial charge on any atom is -0.462 e. The van der Waals surface area contributed by atoms with E-state index in [0.29, 0.717) is 31.6 Å². The summed E-state index contributed by atoms with van der Waals surface area (Å²) >= 11 is 0. The van der Waals surface area contributed by atoms with Crippen molar-refractivity contribution in [3.8, 4) is 0 Å². The highest BCUT2D eigenvalue weighted by Gasteiger charge is 2.30. The molecule has 0 saturated carbocycles. The predicted molar refractivity (Wildman–Crippen MR) is 432 cm³/mol. The van der Waals surface area contributed by atoms with Crippen LogP contribution < -0.4 is 0 Å². The Morgan fingerprint density at radius 1 is 0.257 bits per heavy atom. The van der Waals surface area contributed by atoms with Gasteiger partial charge in [0.05, 0.1) is 26.4 Å². The number of hydrogen-bond donors (Lipinski definition) is 3. The Labute approximate surface area is 645 Å². The third-order valence-electron chi connectivity index (χ3n) is 20.1. The van der Waals surface area contributed by atoms with Crippen LogP contribution in [-0.4, -0.2) is 96.7 Å². The van der Waals surface area contributed by atoms with Gasteiger partial charge >= 0.3 is 39.5 Å². The Balaban J connectivity index is 5.22. The van der Waals surface area contributed by atoms with E-state index >= 15 is 0 Å². The molecule has 0 aromatic rings. The van der Waals surface area contributed by atoms with Crippen molar-refractivity contribution in [2.45, 2.75) is 471 Å².